The smallest absolute Gasteiger partial charge is 0.180 e. The summed E-state index contributed by atoms with van der Waals surface area (Å²) in [6.07, 6.45) is 1.85. The lowest BCUT2D eigenvalue weighted by molar-refractivity contribution is 0.564. The molecule has 112 valence electrons. The van der Waals surface area contributed by atoms with Gasteiger partial charge in [-0.25, -0.2) is 9.97 Å². The highest BCUT2D eigenvalue weighted by atomic mass is 79.9. The second-order valence-electron chi connectivity index (χ2n) is 6.24. The standard InChI is InChI=1S/C16H21BrN4/c1-9-7-10(2)12(19-8-9)15-20-13(16(3,4)5)11(17)14(18-6)21-15/h7-8H,1-6H3,(H,18,20,21). The molecule has 0 aliphatic heterocycles. The van der Waals surface area contributed by atoms with Crippen LogP contribution < -0.4 is 5.32 Å². The average Bonchev–Trinajstić information content (AvgIpc) is 2.38. The summed E-state index contributed by atoms with van der Waals surface area (Å²) in [6, 6.07) is 2.10. The van der Waals surface area contributed by atoms with Gasteiger partial charge >= 0.3 is 0 Å². The Morgan fingerprint density at radius 3 is 2.33 bits per heavy atom. The van der Waals surface area contributed by atoms with Crippen molar-refractivity contribution in [1.29, 1.82) is 0 Å². The zero-order valence-corrected chi connectivity index (χ0v) is 15.0. The van der Waals surface area contributed by atoms with E-state index in [2.05, 4.69) is 58.1 Å². The largest absolute Gasteiger partial charge is 0.372 e. The van der Waals surface area contributed by atoms with Crippen LogP contribution in [0, 0.1) is 13.8 Å². The van der Waals surface area contributed by atoms with Crippen LogP contribution >= 0.6 is 15.9 Å². The molecule has 0 aliphatic rings. The molecule has 0 fully saturated rings. The summed E-state index contributed by atoms with van der Waals surface area (Å²) in [7, 11) is 1.86. The Balaban J connectivity index is 2.70. The molecule has 2 aromatic heterocycles. The number of hydrogen-bond acceptors (Lipinski definition) is 4. The Bertz CT molecular complexity index is 675. The molecule has 0 spiro atoms. The molecule has 0 aliphatic carbocycles. The predicted octanol–water partition coefficient (Wildman–Crippen LogP) is 4.26. The van der Waals surface area contributed by atoms with E-state index in [9.17, 15) is 0 Å². The molecule has 1 N–H and O–H groups in total. The summed E-state index contributed by atoms with van der Waals surface area (Å²) in [5.74, 6) is 1.44. The first-order valence-electron chi connectivity index (χ1n) is 6.93. The van der Waals surface area contributed by atoms with Gasteiger partial charge in [-0.1, -0.05) is 26.8 Å². The summed E-state index contributed by atoms with van der Waals surface area (Å²) in [5.41, 5.74) is 3.94. The molecule has 0 unspecified atom stereocenters. The van der Waals surface area contributed by atoms with E-state index in [0.29, 0.717) is 5.82 Å². The fourth-order valence-electron chi connectivity index (χ4n) is 2.17. The van der Waals surface area contributed by atoms with Crippen LogP contribution in [0.1, 0.15) is 37.6 Å². The van der Waals surface area contributed by atoms with Gasteiger partial charge in [0.1, 0.15) is 11.5 Å². The monoisotopic (exact) mass is 348 g/mol. The van der Waals surface area contributed by atoms with Gasteiger partial charge in [-0.2, -0.15) is 0 Å². The van der Waals surface area contributed by atoms with Crippen LogP contribution in [-0.4, -0.2) is 22.0 Å². The first-order chi connectivity index (χ1) is 9.74. The van der Waals surface area contributed by atoms with Crippen LogP contribution in [0.5, 0.6) is 0 Å². The van der Waals surface area contributed by atoms with Crippen molar-refractivity contribution < 1.29 is 0 Å². The first-order valence-corrected chi connectivity index (χ1v) is 7.72. The molecular weight excluding hydrogens is 328 g/mol. The van der Waals surface area contributed by atoms with Gasteiger partial charge in [-0.05, 0) is 40.9 Å². The van der Waals surface area contributed by atoms with Gasteiger partial charge in [-0.3, -0.25) is 4.98 Å². The summed E-state index contributed by atoms with van der Waals surface area (Å²) >= 11 is 3.61. The highest BCUT2D eigenvalue weighted by Gasteiger charge is 2.24. The van der Waals surface area contributed by atoms with Crippen LogP contribution in [0.2, 0.25) is 0 Å². The van der Waals surface area contributed by atoms with Crippen molar-refractivity contribution in [3.63, 3.8) is 0 Å². The molecular formula is C16H21BrN4. The van der Waals surface area contributed by atoms with Gasteiger partial charge in [0.15, 0.2) is 5.82 Å². The Morgan fingerprint density at radius 2 is 1.81 bits per heavy atom. The molecule has 0 aromatic carbocycles. The van der Waals surface area contributed by atoms with Crippen molar-refractivity contribution in [3.8, 4) is 11.5 Å². The maximum absolute atomic E-state index is 4.75. The molecule has 0 amide bonds. The molecule has 4 nitrogen and oxygen atoms in total. The number of pyridine rings is 1. The summed E-state index contributed by atoms with van der Waals surface area (Å²) in [5, 5.41) is 3.12. The number of nitrogens with zero attached hydrogens (tertiary/aromatic N) is 3. The Kier molecular flexibility index (Phi) is 4.33. The Morgan fingerprint density at radius 1 is 1.14 bits per heavy atom. The minimum Gasteiger partial charge on any atom is -0.372 e. The third-order valence-corrected chi connectivity index (χ3v) is 3.98. The van der Waals surface area contributed by atoms with E-state index in [1.165, 1.54) is 0 Å². The lowest BCUT2D eigenvalue weighted by Crippen LogP contribution is -2.17. The molecule has 0 saturated heterocycles. The highest BCUT2D eigenvalue weighted by Crippen LogP contribution is 2.34. The molecule has 0 atom stereocenters. The van der Waals surface area contributed by atoms with Gasteiger partial charge < -0.3 is 5.32 Å². The average molecular weight is 349 g/mol. The molecule has 0 radical (unpaired) electrons. The molecule has 2 rings (SSSR count). The number of halogens is 1. The first kappa shape index (κ1) is 15.9. The van der Waals surface area contributed by atoms with Crippen molar-refractivity contribution in [3.05, 3.63) is 33.6 Å². The van der Waals surface area contributed by atoms with Crippen molar-refractivity contribution in [1.82, 2.24) is 15.0 Å². The normalized spacial score (nSPS) is 11.6. The van der Waals surface area contributed by atoms with Crippen LogP contribution in [-0.2, 0) is 5.41 Å². The number of aromatic nitrogens is 3. The quantitative estimate of drug-likeness (QED) is 0.880. The summed E-state index contributed by atoms with van der Waals surface area (Å²) in [4.78, 5) is 13.9. The molecule has 2 heterocycles. The fourth-order valence-corrected chi connectivity index (χ4v) is 3.14. The third kappa shape index (κ3) is 3.23. The van der Waals surface area contributed by atoms with Gasteiger partial charge in [-0.15, -0.1) is 0 Å². The van der Waals surface area contributed by atoms with Crippen molar-refractivity contribution in [2.75, 3.05) is 12.4 Å². The van der Waals surface area contributed by atoms with E-state index in [1.807, 2.05) is 27.1 Å². The summed E-state index contributed by atoms with van der Waals surface area (Å²) in [6.45, 7) is 10.5. The van der Waals surface area contributed by atoms with Crippen LogP contribution in [0.4, 0.5) is 5.82 Å². The van der Waals surface area contributed by atoms with Crippen molar-refractivity contribution in [2.24, 2.45) is 0 Å². The minimum absolute atomic E-state index is 0.0826. The lowest BCUT2D eigenvalue weighted by atomic mass is 9.91. The second-order valence-corrected chi connectivity index (χ2v) is 7.03. The van der Waals surface area contributed by atoms with Crippen molar-refractivity contribution in [2.45, 2.75) is 40.0 Å². The SMILES string of the molecule is CNc1nc(-c2ncc(C)cc2C)nc(C(C)(C)C)c1Br. The topological polar surface area (TPSA) is 50.7 Å². The number of rotatable bonds is 2. The zero-order chi connectivity index (χ0) is 15.8. The number of aryl methyl sites for hydroxylation is 2. The van der Waals surface area contributed by atoms with E-state index >= 15 is 0 Å². The highest BCUT2D eigenvalue weighted by molar-refractivity contribution is 9.10. The zero-order valence-electron chi connectivity index (χ0n) is 13.4. The van der Waals surface area contributed by atoms with Crippen LogP contribution in [0.15, 0.2) is 16.7 Å². The number of anilines is 1. The van der Waals surface area contributed by atoms with Crippen LogP contribution in [0.25, 0.3) is 11.5 Å². The second kappa shape index (κ2) is 5.72. The van der Waals surface area contributed by atoms with Crippen LogP contribution in [0.3, 0.4) is 0 Å². The Labute approximate surface area is 134 Å². The number of nitrogens with one attached hydrogen (secondary N) is 1. The summed E-state index contributed by atoms with van der Waals surface area (Å²) < 4.78 is 0.908. The van der Waals surface area contributed by atoms with Gasteiger partial charge in [0.2, 0.25) is 0 Å². The van der Waals surface area contributed by atoms with E-state index in [0.717, 1.165) is 32.8 Å². The molecule has 0 bridgehead atoms. The minimum atomic E-state index is -0.0826. The third-order valence-electron chi connectivity index (χ3n) is 3.23. The molecule has 5 heteroatoms. The maximum atomic E-state index is 4.75. The van der Waals surface area contributed by atoms with Gasteiger partial charge in [0.05, 0.1) is 10.2 Å². The van der Waals surface area contributed by atoms with E-state index in [1.54, 1.807) is 0 Å². The van der Waals surface area contributed by atoms with E-state index in [4.69, 9.17) is 4.98 Å². The van der Waals surface area contributed by atoms with E-state index in [-0.39, 0.29) is 5.41 Å². The number of hydrogen-bond donors (Lipinski definition) is 1. The van der Waals surface area contributed by atoms with Gasteiger partial charge in [0.25, 0.3) is 0 Å². The Hall–Kier alpha value is -1.49. The predicted molar refractivity (Wildman–Crippen MR) is 90.7 cm³/mol. The molecule has 2 aromatic rings. The van der Waals surface area contributed by atoms with Crippen molar-refractivity contribution >= 4 is 21.7 Å². The van der Waals surface area contributed by atoms with E-state index < -0.39 is 0 Å². The molecule has 21 heavy (non-hydrogen) atoms. The lowest BCUT2D eigenvalue weighted by Gasteiger charge is -2.21. The van der Waals surface area contributed by atoms with Gasteiger partial charge in [0, 0.05) is 18.7 Å². The fraction of sp³-hybridized carbons (Fsp3) is 0.438. The maximum Gasteiger partial charge on any atom is 0.180 e. The molecule has 0 saturated carbocycles.